The van der Waals surface area contributed by atoms with Crippen molar-refractivity contribution in [1.82, 2.24) is 5.32 Å². The molecule has 1 heterocycles. The van der Waals surface area contributed by atoms with Crippen molar-refractivity contribution in [2.45, 2.75) is 6.92 Å². The van der Waals surface area contributed by atoms with Crippen molar-refractivity contribution in [3.63, 3.8) is 0 Å². The third kappa shape index (κ3) is 4.07. The Morgan fingerprint density at radius 3 is 2.52 bits per heavy atom. The van der Waals surface area contributed by atoms with Crippen LogP contribution in [0, 0.1) is 0 Å². The summed E-state index contributed by atoms with van der Waals surface area (Å²) in [5.74, 6) is 0.151. The highest BCUT2D eigenvalue weighted by Gasteiger charge is 2.25. The van der Waals surface area contributed by atoms with Crippen molar-refractivity contribution in [1.29, 1.82) is 0 Å². The lowest BCUT2D eigenvalue weighted by atomic mass is 10.0. The number of aliphatic imine (C=N–C) groups is 1. The van der Waals surface area contributed by atoms with Crippen LogP contribution in [0.15, 0.2) is 76.6 Å². The van der Waals surface area contributed by atoms with Gasteiger partial charge >= 0.3 is 0 Å². The van der Waals surface area contributed by atoms with Gasteiger partial charge in [-0.1, -0.05) is 48.5 Å². The predicted octanol–water partition coefficient (Wildman–Crippen LogP) is 4.64. The molecule has 3 aromatic rings. The summed E-state index contributed by atoms with van der Waals surface area (Å²) in [5, 5.41) is 4.92. The van der Waals surface area contributed by atoms with Crippen LogP contribution in [0.1, 0.15) is 22.8 Å². The third-order valence-electron chi connectivity index (χ3n) is 4.38. The molecule has 0 aliphatic carbocycles. The van der Waals surface area contributed by atoms with Crippen LogP contribution in [0.4, 0.5) is 0 Å². The molecule has 1 fully saturated rings. The van der Waals surface area contributed by atoms with E-state index in [1.807, 2.05) is 55.5 Å². The summed E-state index contributed by atoms with van der Waals surface area (Å²) in [5.41, 5.74) is 1.38. The minimum absolute atomic E-state index is 0.271. The van der Waals surface area contributed by atoms with Gasteiger partial charge in [-0.25, -0.2) is 0 Å². The van der Waals surface area contributed by atoms with Crippen molar-refractivity contribution in [3.05, 3.63) is 82.8 Å². The molecule has 144 valence electrons. The number of nitrogens with one attached hydrogen (secondary N) is 1. The zero-order valence-electron chi connectivity index (χ0n) is 15.7. The molecule has 2 amide bonds. The molecule has 1 aliphatic rings. The van der Waals surface area contributed by atoms with Crippen molar-refractivity contribution in [3.8, 4) is 5.75 Å². The van der Waals surface area contributed by atoms with Gasteiger partial charge in [-0.05, 0) is 53.9 Å². The molecular weight excluding hydrogens is 384 g/mol. The van der Waals surface area contributed by atoms with Crippen LogP contribution in [-0.4, -0.2) is 23.6 Å². The Kier molecular flexibility index (Phi) is 5.44. The highest BCUT2D eigenvalue weighted by atomic mass is 32.2. The van der Waals surface area contributed by atoms with Gasteiger partial charge in [0, 0.05) is 10.9 Å². The van der Waals surface area contributed by atoms with Gasteiger partial charge in [0.15, 0.2) is 5.17 Å². The number of hydrogen-bond donors (Lipinski definition) is 1. The van der Waals surface area contributed by atoms with E-state index in [0.717, 1.165) is 33.8 Å². The molecule has 0 radical (unpaired) electrons. The molecular formula is C23H18N2O3S. The first-order valence-corrected chi connectivity index (χ1v) is 10.0. The average molecular weight is 402 g/mol. The van der Waals surface area contributed by atoms with Crippen LogP contribution < -0.4 is 10.1 Å². The number of nitrogens with zero attached hydrogens (tertiary/aromatic N) is 1. The van der Waals surface area contributed by atoms with Gasteiger partial charge in [0.2, 0.25) is 0 Å². The summed E-state index contributed by atoms with van der Waals surface area (Å²) in [6.45, 7) is 2.53. The molecule has 0 spiro atoms. The Balaban J connectivity index is 1.64. The molecule has 1 aliphatic heterocycles. The zero-order chi connectivity index (χ0) is 20.2. The lowest BCUT2D eigenvalue weighted by Gasteiger charge is -2.09. The molecule has 4 rings (SSSR count). The Morgan fingerprint density at radius 2 is 1.76 bits per heavy atom. The number of carbonyl (C=O) groups excluding carboxylic acids is 2. The Hall–Kier alpha value is -3.38. The van der Waals surface area contributed by atoms with Crippen LogP contribution in [0.2, 0.25) is 0 Å². The maximum absolute atomic E-state index is 12.4. The number of amides is 2. The highest BCUT2D eigenvalue weighted by molar-refractivity contribution is 8.18. The van der Waals surface area contributed by atoms with Gasteiger partial charge in [0.25, 0.3) is 11.8 Å². The fourth-order valence-electron chi connectivity index (χ4n) is 3.06. The van der Waals surface area contributed by atoms with E-state index >= 15 is 0 Å². The SMILES string of the molecule is CCOc1ccc(C=C2SC(=NC(=O)c3ccccc3)NC2=O)c2ccccc12. The number of thioether (sulfide) groups is 1. The number of ether oxygens (including phenoxy) is 1. The second-order valence-electron chi connectivity index (χ2n) is 6.28. The van der Waals surface area contributed by atoms with Gasteiger partial charge in [-0.2, -0.15) is 4.99 Å². The van der Waals surface area contributed by atoms with Crippen LogP contribution in [0.25, 0.3) is 16.8 Å². The van der Waals surface area contributed by atoms with Gasteiger partial charge in [0.05, 0.1) is 11.5 Å². The molecule has 0 bridgehead atoms. The molecule has 3 aromatic carbocycles. The van der Waals surface area contributed by atoms with Crippen molar-refractivity contribution in [2.75, 3.05) is 6.61 Å². The monoisotopic (exact) mass is 402 g/mol. The lowest BCUT2D eigenvalue weighted by molar-refractivity contribution is -0.115. The quantitative estimate of drug-likeness (QED) is 0.646. The fraction of sp³-hybridized carbons (Fsp3) is 0.0870. The van der Waals surface area contributed by atoms with E-state index < -0.39 is 0 Å². The number of carbonyl (C=O) groups is 2. The average Bonchev–Trinajstić information content (AvgIpc) is 3.09. The Labute approximate surface area is 172 Å². The summed E-state index contributed by atoms with van der Waals surface area (Å²) in [6, 6.07) is 20.5. The topological polar surface area (TPSA) is 67.8 Å². The summed E-state index contributed by atoms with van der Waals surface area (Å²) >= 11 is 1.16. The lowest BCUT2D eigenvalue weighted by Crippen LogP contribution is -2.20. The summed E-state index contributed by atoms with van der Waals surface area (Å²) in [4.78, 5) is 29.2. The van der Waals surface area contributed by atoms with Crippen LogP contribution in [0.3, 0.4) is 0 Å². The number of hydrogen-bond acceptors (Lipinski definition) is 4. The van der Waals surface area contributed by atoms with E-state index in [1.54, 1.807) is 24.3 Å². The smallest absolute Gasteiger partial charge is 0.279 e. The molecule has 1 N–H and O–H groups in total. The zero-order valence-corrected chi connectivity index (χ0v) is 16.5. The second-order valence-corrected chi connectivity index (χ2v) is 7.32. The van der Waals surface area contributed by atoms with Crippen molar-refractivity contribution in [2.24, 2.45) is 4.99 Å². The second kappa shape index (κ2) is 8.32. The van der Waals surface area contributed by atoms with Crippen LogP contribution in [0.5, 0.6) is 5.75 Å². The van der Waals surface area contributed by atoms with E-state index in [0.29, 0.717) is 17.1 Å². The van der Waals surface area contributed by atoms with Crippen LogP contribution >= 0.6 is 11.8 Å². The first-order chi connectivity index (χ1) is 14.2. The fourth-order valence-corrected chi connectivity index (χ4v) is 3.87. The first-order valence-electron chi connectivity index (χ1n) is 9.19. The van der Waals surface area contributed by atoms with E-state index in [1.165, 1.54) is 0 Å². The van der Waals surface area contributed by atoms with Gasteiger partial charge in [-0.15, -0.1) is 0 Å². The van der Waals surface area contributed by atoms with Crippen molar-refractivity contribution < 1.29 is 14.3 Å². The van der Waals surface area contributed by atoms with E-state index in [2.05, 4.69) is 10.3 Å². The standard InChI is InChI=1S/C23H18N2O3S/c1-2-28-19-13-12-16(17-10-6-7-11-18(17)19)14-20-22(27)25-23(29-20)24-21(26)15-8-4-3-5-9-15/h3-14H,2H2,1H3,(H,24,25,26,27). The normalized spacial score (nSPS) is 16.4. The number of amidine groups is 1. The summed E-state index contributed by atoms with van der Waals surface area (Å²) in [7, 11) is 0. The van der Waals surface area contributed by atoms with E-state index in [9.17, 15) is 9.59 Å². The maximum Gasteiger partial charge on any atom is 0.279 e. The summed E-state index contributed by atoms with van der Waals surface area (Å²) in [6.07, 6.45) is 1.81. The summed E-state index contributed by atoms with van der Waals surface area (Å²) < 4.78 is 5.71. The predicted molar refractivity (Wildman–Crippen MR) is 117 cm³/mol. The Morgan fingerprint density at radius 1 is 1.03 bits per heavy atom. The molecule has 29 heavy (non-hydrogen) atoms. The maximum atomic E-state index is 12.4. The van der Waals surface area contributed by atoms with E-state index in [-0.39, 0.29) is 17.0 Å². The number of rotatable bonds is 4. The van der Waals surface area contributed by atoms with Crippen molar-refractivity contribution >= 4 is 45.6 Å². The van der Waals surface area contributed by atoms with Gasteiger partial charge in [0.1, 0.15) is 5.75 Å². The molecule has 5 nitrogen and oxygen atoms in total. The molecule has 0 aromatic heterocycles. The minimum atomic E-state index is -0.388. The molecule has 1 saturated heterocycles. The minimum Gasteiger partial charge on any atom is -0.493 e. The first kappa shape index (κ1) is 19.0. The molecule has 0 atom stereocenters. The largest absolute Gasteiger partial charge is 0.493 e. The highest BCUT2D eigenvalue weighted by Crippen LogP contribution is 2.32. The van der Waals surface area contributed by atoms with Crippen LogP contribution in [-0.2, 0) is 4.79 Å². The van der Waals surface area contributed by atoms with Gasteiger partial charge in [-0.3, -0.25) is 9.59 Å². The van der Waals surface area contributed by atoms with E-state index in [4.69, 9.17) is 4.74 Å². The number of fused-ring (bicyclic) bond motifs is 1. The van der Waals surface area contributed by atoms with Gasteiger partial charge < -0.3 is 10.1 Å². The molecule has 0 unspecified atom stereocenters. The molecule has 0 saturated carbocycles. The number of benzene rings is 3. The third-order valence-corrected chi connectivity index (χ3v) is 5.29. The Bertz CT molecular complexity index is 1150. The molecule has 6 heteroatoms.